The molecule has 0 radical (unpaired) electrons. The van der Waals surface area contributed by atoms with Crippen LogP contribution in [0.5, 0.6) is 11.5 Å². The highest BCUT2D eigenvalue weighted by atomic mass is 19.2. The van der Waals surface area contributed by atoms with Gasteiger partial charge in [-0.15, -0.1) is 0 Å². The summed E-state index contributed by atoms with van der Waals surface area (Å²) >= 11 is 0. The number of ether oxygens (including phenoxy) is 2. The van der Waals surface area contributed by atoms with Crippen LogP contribution >= 0.6 is 0 Å². The van der Waals surface area contributed by atoms with Crippen LogP contribution in [0.4, 0.5) is 19.0 Å². The maximum absolute atomic E-state index is 13.8. The first-order valence-corrected chi connectivity index (χ1v) is 9.67. The lowest BCUT2D eigenvalue weighted by Crippen LogP contribution is -2.30. The number of para-hydroxylation sites is 1. The number of carbonyl (C=O) groups excluding carboxylic acids is 1. The van der Waals surface area contributed by atoms with Crippen LogP contribution in [0.1, 0.15) is 12.5 Å². The molecule has 3 aromatic carbocycles. The van der Waals surface area contributed by atoms with Crippen LogP contribution in [0.25, 0.3) is 10.9 Å². The molecule has 0 fully saturated rings. The Hall–Kier alpha value is -4.01. The zero-order chi connectivity index (χ0) is 22.7. The molecule has 0 saturated carbocycles. The summed E-state index contributed by atoms with van der Waals surface area (Å²) in [7, 11) is 0. The molecular formula is C23H18F3N3O3. The van der Waals surface area contributed by atoms with Gasteiger partial charge in [0.05, 0.1) is 5.52 Å². The number of amides is 1. The third-order valence-corrected chi connectivity index (χ3v) is 4.68. The second-order valence-corrected chi connectivity index (χ2v) is 6.99. The molecule has 164 valence electrons. The molecule has 1 heterocycles. The third-order valence-electron chi connectivity index (χ3n) is 4.68. The minimum absolute atomic E-state index is 0.117. The van der Waals surface area contributed by atoms with Gasteiger partial charge in [0.25, 0.3) is 5.91 Å². The number of nitrogens with one attached hydrogen (secondary N) is 2. The summed E-state index contributed by atoms with van der Waals surface area (Å²) in [6.07, 6.45) is -0.752. The van der Waals surface area contributed by atoms with Crippen LogP contribution in [0.2, 0.25) is 0 Å². The van der Waals surface area contributed by atoms with E-state index in [9.17, 15) is 18.0 Å². The van der Waals surface area contributed by atoms with E-state index in [-0.39, 0.29) is 18.1 Å². The highest BCUT2D eigenvalue weighted by Crippen LogP contribution is 2.26. The average molecular weight is 441 g/mol. The van der Waals surface area contributed by atoms with Gasteiger partial charge in [-0.05, 0) is 37.3 Å². The molecule has 6 nitrogen and oxygen atoms in total. The zero-order valence-electron chi connectivity index (χ0n) is 16.9. The van der Waals surface area contributed by atoms with Gasteiger partial charge in [-0.3, -0.25) is 9.89 Å². The average Bonchev–Trinajstić information content (AvgIpc) is 3.18. The number of H-pyrrole nitrogens is 1. The Morgan fingerprint density at radius 1 is 1.00 bits per heavy atom. The van der Waals surface area contributed by atoms with E-state index in [0.717, 1.165) is 6.07 Å². The number of aromatic nitrogens is 2. The van der Waals surface area contributed by atoms with Crippen LogP contribution < -0.4 is 14.8 Å². The van der Waals surface area contributed by atoms with E-state index in [1.54, 1.807) is 37.3 Å². The first-order valence-electron chi connectivity index (χ1n) is 9.67. The molecule has 4 rings (SSSR count). The maximum atomic E-state index is 13.8. The van der Waals surface area contributed by atoms with E-state index in [1.807, 2.05) is 18.2 Å². The monoisotopic (exact) mass is 441 g/mol. The molecular weight excluding hydrogens is 423 g/mol. The Kier molecular flexibility index (Phi) is 5.98. The first kappa shape index (κ1) is 21.2. The van der Waals surface area contributed by atoms with Crippen molar-refractivity contribution in [3.05, 3.63) is 83.7 Å². The quantitative estimate of drug-likeness (QED) is 0.397. The number of halogens is 3. The highest BCUT2D eigenvalue weighted by Gasteiger charge is 2.18. The molecule has 1 unspecified atom stereocenters. The van der Waals surface area contributed by atoms with Crippen molar-refractivity contribution in [3.8, 4) is 11.5 Å². The lowest BCUT2D eigenvalue weighted by atomic mass is 10.2. The number of rotatable bonds is 7. The fourth-order valence-electron chi connectivity index (χ4n) is 2.99. The van der Waals surface area contributed by atoms with E-state index in [0.29, 0.717) is 34.3 Å². The summed E-state index contributed by atoms with van der Waals surface area (Å²) in [5.41, 5.74) is 0.439. The number of anilines is 1. The van der Waals surface area contributed by atoms with Crippen molar-refractivity contribution in [1.82, 2.24) is 10.2 Å². The molecule has 0 aliphatic carbocycles. The maximum Gasteiger partial charge on any atom is 0.266 e. The number of aromatic amines is 1. The SMILES string of the molecule is CC(Oc1ccccc1)C(=O)Nc1n[nH]c2cc(OCc3cc(F)c(F)cc3F)ccc12. The second kappa shape index (κ2) is 9.01. The molecule has 2 N–H and O–H groups in total. The Balaban J connectivity index is 1.42. The molecule has 0 saturated heterocycles. The van der Waals surface area contributed by atoms with Crippen molar-refractivity contribution in [3.63, 3.8) is 0 Å². The van der Waals surface area contributed by atoms with Gasteiger partial charge in [-0.25, -0.2) is 13.2 Å². The van der Waals surface area contributed by atoms with Gasteiger partial charge in [0, 0.05) is 23.1 Å². The second-order valence-electron chi connectivity index (χ2n) is 6.99. The van der Waals surface area contributed by atoms with Gasteiger partial charge in [-0.2, -0.15) is 5.10 Å². The summed E-state index contributed by atoms with van der Waals surface area (Å²) in [5.74, 6) is -2.46. The number of hydrogen-bond acceptors (Lipinski definition) is 4. The summed E-state index contributed by atoms with van der Waals surface area (Å²) in [6.45, 7) is 1.33. The van der Waals surface area contributed by atoms with Crippen LogP contribution in [0, 0.1) is 17.5 Å². The molecule has 32 heavy (non-hydrogen) atoms. The standard InChI is InChI=1S/C23H18F3N3O3/c1-13(32-15-5-3-2-4-6-15)23(30)27-22-17-8-7-16(10-21(17)28-29-22)31-12-14-9-19(25)20(26)11-18(14)24/h2-11,13H,12H2,1H3,(H2,27,28,29,30). The van der Waals surface area contributed by atoms with Crippen LogP contribution in [-0.2, 0) is 11.4 Å². The molecule has 1 amide bonds. The molecule has 9 heteroatoms. The smallest absolute Gasteiger partial charge is 0.266 e. The Bertz CT molecular complexity index is 1260. The minimum atomic E-state index is -1.26. The Labute approximate surface area is 181 Å². The predicted octanol–water partition coefficient (Wildman–Crippen LogP) is 4.97. The summed E-state index contributed by atoms with van der Waals surface area (Å²) in [5, 5.41) is 10.2. The number of hydrogen-bond donors (Lipinski definition) is 2. The molecule has 1 aromatic heterocycles. The van der Waals surface area contributed by atoms with Crippen molar-refractivity contribution in [1.29, 1.82) is 0 Å². The van der Waals surface area contributed by atoms with Crippen molar-refractivity contribution in [2.45, 2.75) is 19.6 Å². The molecule has 1 atom stereocenters. The molecule has 0 bridgehead atoms. The number of fused-ring (bicyclic) bond motifs is 1. The number of nitrogens with zero attached hydrogens (tertiary/aromatic N) is 1. The Morgan fingerprint density at radius 3 is 2.53 bits per heavy atom. The first-order chi connectivity index (χ1) is 15.4. The number of benzene rings is 3. The highest BCUT2D eigenvalue weighted by molar-refractivity contribution is 6.01. The molecule has 4 aromatic rings. The van der Waals surface area contributed by atoms with E-state index in [2.05, 4.69) is 15.5 Å². The van der Waals surface area contributed by atoms with Gasteiger partial charge in [0.1, 0.15) is 23.9 Å². The van der Waals surface area contributed by atoms with Crippen LogP contribution in [0.15, 0.2) is 60.7 Å². The summed E-state index contributed by atoms with van der Waals surface area (Å²) in [4.78, 5) is 12.5. The van der Waals surface area contributed by atoms with Gasteiger partial charge in [0.15, 0.2) is 23.6 Å². The van der Waals surface area contributed by atoms with Crippen molar-refractivity contribution in [2.24, 2.45) is 0 Å². The minimum Gasteiger partial charge on any atom is -0.489 e. The third kappa shape index (κ3) is 4.66. The fourth-order valence-corrected chi connectivity index (χ4v) is 2.99. The fraction of sp³-hybridized carbons (Fsp3) is 0.130. The Morgan fingerprint density at radius 2 is 1.75 bits per heavy atom. The van der Waals surface area contributed by atoms with Crippen LogP contribution in [0.3, 0.4) is 0 Å². The van der Waals surface area contributed by atoms with Crippen molar-refractivity contribution >= 4 is 22.6 Å². The molecule has 0 spiro atoms. The zero-order valence-corrected chi connectivity index (χ0v) is 16.9. The van der Waals surface area contributed by atoms with Gasteiger partial charge >= 0.3 is 0 Å². The summed E-state index contributed by atoms with van der Waals surface area (Å²) < 4.78 is 51.2. The number of carbonyl (C=O) groups is 1. The normalized spacial score (nSPS) is 11.9. The van der Waals surface area contributed by atoms with Gasteiger partial charge in [0.2, 0.25) is 0 Å². The van der Waals surface area contributed by atoms with Crippen LogP contribution in [-0.4, -0.2) is 22.2 Å². The van der Waals surface area contributed by atoms with Crippen molar-refractivity contribution in [2.75, 3.05) is 5.32 Å². The van der Waals surface area contributed by atoms with E-state index in [1.165, 1.54) is 0 Å². The van der Waals surface area contributed by atoms with E-state index >= 15 is 0 Å². The molecule has 0 aliphatic heterocycles. The summed E-state index contributed by atoms with van der Waals surface area (Å²) in [6, 6.07) is 15.0. The van der Waals surface area contributed by atoms with E-state index in [4.69, 9.17) is 9.47 Å². The molecule has 0 aliphatic rings. The largest absolute Gasteiger partial charge is 0.489 e. The predicted molar refractivity (Wildman–Crippen MR) is 112 cm³/mol. The lowest BCUT2D eigenvalue weighted by Gasteiger charge is -2.13. The van der Waals surface area contributed by atoms with E-state index < -0.39 is 23.6 Å². The van der Waals surface area contributed by atoms with Gasteiger partial charge < -0.3 is 14.8 Å². The van der Waals surface area contributed by atoms with Gasteiger partial charge in [-0.1, -0.05) is 18.2 Å². The lowest BCUT2D eigenvalue weighted by molar-refractivity contribution is -0.122. The topological polar surface area (TPSA) is 76.2 Å². The van der Waals surface area contributed by atoms with Crippen molar-refractivity contribution < 1.29 is 27.4 Å².